The largest absolute Gasteiger partial charge is 0.495 e. The monoisotopic (exact) mass is 362 g/mol. The molecular formula is C21H22N4O2. The van der Waals surface area contributed by atoms with Crippen molar-refractivity contribution in [2.75, 3.05) is 24.3 Å². The van der Waals surface area contributed by atoms with Crippen LogP contribution in [0.25, 0.3) is 0 Å². The number of aromatic nitrogens is 2. The number of hydrogen-bond acceptors (Lipinski definition) is 5. The van der Waals surface area contributed by atoms with Gasteiger partial charge in [0, 0.05) is 6.54 Å². The molecule has 0 aliphatic heterocycles. The number of ether oxygens (including phenoxy) is 1. The lowest BCUT2D eigenvalue weighted by atomic mass is 10.1. The summed E-state index contributed by atoms with van der Waals surface area (Å²) in [5.74, 6) is 0.902. The zero-order valence-corrected chi connectivity index (χ0v) is 15.4. The van der Waals surface area contributed by atoms with Crippen LogP contribution in [0.4, 0.5) is 11.5 Å². The van der Waals surface area contributed by atoms with Gasteiger partial charge in [-0.1, -0.05) is 36.4 Å². The number of benzene rings is 2. The number of anilines is 2. The minimum Gasteiger partial charge on any atom is -0.495 e. The van der Waals surface area contributed by atoms with Gasteiger partial charge in [0.15, 0.2) is 5.69 Å². The van der Waals surface area contributed by atoms with Gasteiger partial charge in [-0.15, -0.1) is 10.2 Å². The van der Waals surface area contributed by atoms with E-state index in [1.807, 2.05) is 43.3 Å². The molecule has 0 spiro atoms. The van der Waals surface area contributed by atoms with E-state index in [0.717, 1.165) is 18.5 Å². The summed E-state index contributed by atoms with van der Waals surface area (Å²) in [6.45, 7) is 2.69. The number of aryl methyl sites for hydroxylation is 1. The second-order valence-electron chi connectivity index (χ2n) is 6.12. The van der Waals surface area contributed by atoms with Crippen LogP contribution >= 0.6 is 0 Å². The Morgan fingerprint density at radius 1 is 1.04 bits per heavy atom. The van der Waals surface area contributed by atoms with E-state index in [-0.39, 0.29) is 11.6 Å². The molecule has 1 heterocycles. The molecule has 3 rings (SSSR count). The molecule has 0 aliphatic rings. The van der Waals surface area contributed by atoms with E-state index >= 15 is 0 Å². The van der Waals surface area contributed by atoms with E-state index in [9.17, 15) is 4.79 Å². The highest BCUT2D eigenvalue weighted by Gasteiger charge is 2.12. The van der Waals surface area contributed by atoms with Gasteiger partial charge in [-0.05, 0) is 48.7 Å². The molecule has 2 N–H and O–H groups in total. The highest BCUT2D eigenvalue weighted by molar-refractivity contribution is 6.03. The summed E-state index contributed by atoms with van der Waals surface area (Å²) >= 11 is 0. The van der Waals surface area contributed by atoms with Crippen molar-refractivity contribution >= 4 is 17.4 Å². The van der Waals surface area contributed by atoms with Crippen molar-refractivity contribution in [1.29, 1.82) is 0 Å². The Morgan fingerprint density at radius 2 is 1.85 bits per heavy atom. The molecule has 0 saturated heterocycles. The first kappa shape index (κ1) is 18.4. The average molecular weight is 362 g/mol. The highest BCUT2D eigenvalue weighted by Crippen LogP contribution is 2.25. The summed E-state index contributed by atoms with van der Waals surface area (Å²) in [7, 11) is 1.57. The molecule has 0 saturated carbocycles. The molecule has 0 bridgehead atoms. The van der Waals surface area contributed by atoms with Crippen LogP contribution in [0.2, 0.25) is 0 Å². The predicted molar refractivity (Wildman–Crippen MR) is 106 cm³/mol. The molecule has 6 nitrogen and oxygen atoms in total. The molecule has 1 aromatic heterocycles. The highest BCUT2D eigenvalue weighted by atomic mass is 16.5. The summed E-state index contributed by atoms with van der Waals surface area (Å²) in [4.78, 5) is 12.4. The number of methoxy groups -OCH3 is 1. The fourth-order valence-corrected chi connectivity index (χ4v) is 2.63. The van der Waals surface area contributed by atoms with Crippen LogP contribution in [0, 0.1) is 6.92 Å². The van der Waals surface area contributed by atoms with Gasteiger partial charge in [0.2, 0.25) is 0 Å². The van der Waals surface area contributed by atoms with E-state index in [2.05, 4.69) is 33.0 Å². The molecule has 0 unspecified atom stereocenters. The molecule has 6 heteroatoms. The number of carbonyl (C=O) groups excluding carboxylic acids is 1. The summed E-state index contributed by atoms with van der Waals surface area (Å²) in [5, 5.41) is 14.1. The van der Waals surface area contributed by atoms with Crippen LogP contribution in [0.1, 0.15) is 21.6 Å². The minimum absolute atomic E-state index is 0.243. The molecule has 0 aliphatic carbocycles. The molecule has 0 radical (unpaired) electrons. The maximum atomic E-state index is 12.4. The third-order valence-electron chi connectivity index (χ3n) is 4.06. The summed E-state index contributed by atoms with van der Waals surface area (Å²) in [5.41, 5.74) is 3.12. The lowest BCUT2D eigenvalue weighted by Crippen LogP contribution is -2.16. The molecule has 27 heavy (non-hydrogen) atoms. The van der Waals surface area contributed by atoms with Gasteiger partial charge in [-0.25, -0.2) is 0 Å². The van der Waals surface area contributed by atoms with E-state index in [0.29, 0.717) is 17.3 Å². The first-order valence-corrected chi connectivity index (χ1v) is 8.73. The average Bonchev–Trinajstić information content (AvgIpc) is 2.69. The van der Waals surface area contributed by atoms with Gasteiger partial charge in [0.1, 0.15) is 11.6 Å². The molecule has 2 aromatic carbocycles. The third kappa shape index (κ3) is 5.04. The topological polar surface area (TPSA) is 76.1 Å². The minimum atomic E-state index is -0.331. The van der Waals surface area contributed by atoms with Crippen molar-refractivity contribution in [1.82, 2.24) is 10.2 Å². The van der Waals surface area contributed by atoms with Gasteiger partial charge in [-0.2, -0.15) is 0 Å². The number of hydrogen-bond donors (Lipinski definition) is 2. The quantitative estimate of drug-likeness (QED) is 0.670. The standard InChI is InChI=1S/C21H22N4O2/c1-15-8-10-19(27-2)18(14-15)23-21(26)17-9-11-20(25-24-17)22-13-12-16-6-4-3-5-7-16/h3-11,14H,12-13H2,1-2H3,(H,22,25)(H,23,26). The van der Waals surface area contributed by atoms with E-state index in [1.165, 1.54) is 5.56 Å². The maximum absolute atomic E-state index is 12.4. The molecule has 0 atom stereocenters. The number of carbonyl (C=O) groups is 1. The Hall–Kier alpha value is -3.41. The molecular weight excluding hydrogens is 340 g/mol. The van der Waals surface area contributed by atoms with Crippen molar-refractivity contribution in [2.24, 2.45) is 0 Å². The number of rotatable bonds is 7. The SMILES string of the molecule is COc1ccc(C)cc1NC(=O)c1ccc(NCCc2ccccc2)nn1. The Labute approximate surface area is 158 Å². The van der Waals surface area contributed by atoms with Crippen LogP contribution in [-0.2, 0) is 6.42 Å². The van der Waals surface area contributed by atoms with Crippen molar-refractivity contribution in [3.8, 4) is 5.75 Å². The molecule has 1 amide bonds. The Kier molecular flexibility index (Phi) is 5.99. The van der Waals surface area contributed by atoms with Crippen molar-refractivity contribution < 1.29 is 9.53 Å². The first-order chi connectivity index (χ1) is 13.2. The van der Waals surface area contributed by atoms with Gasteiger partial charge in [-0.3, -0.25) is 4.79 Å². The molecule has 0 fully saturated rings. The fraction of sp³-hybridized carbons (Fsp3) is 0.190. The van der Waals surface area contributed by atoms with Gasteiger partial charge in [0.25, 0.3) is 5.91 Å². The maximum Gasteiger partial charge on any atom is 0.276 e. The van der Waals surface area contributed by atoms with Crippen LogP contribution in [-0.4, -0.2) is 29.8 Å². The zero-order valence-electron chi connectivity index (χ0n) is 15.4. The second-order valence-corrected chi connectivity index (χ2v) is 6.12. The van der Waals surface area contributed by atoms with Crippen molar-refractivity contribution in [2.45, 2.75) is 13.3 Å². The van der Waals surface area contributed by atoms with Gasteiger partial charge in [0.05, 0.1) is 12.8 Å². The fourth-order valence-electron chi connectivity index (χ4n) is 2.63. The smallest absolute Gasteiger partial charge is 0.276 e. The summed E-state index contributed by atoms with van der Waals surface area (Å²) in [6, 6.07) is 19.2. The first-order valence-electron chi connectivity index (χ1n) is 8.73. The van der Waals surface area contributed by atoms with E-state index in [1.54, 1.807) is 19.2 Å². The van der Waals surface area contributed by atoms with Gasteiger partial charge >= 0.3 is 0 Å². The molecule has 138 valence electrons. The summed E-state index contributed by atoms with van der Waals surface area (Å²) in [6.07, 6.45) is 0.887. The Bertz CT molecular complexity index is 896. The van der Waals surface area contributed by atoms with E-state index in [4.69, 9.17) is 4.74 Å². The van der Waals surface area contributed by atoms with Crippen molar-refractivity contribution in [3.63, 3.8) is 0 Å². The molecule has 3 aromatic rings. The lowest BCUT2D eigenvalue weighted by molar-refractivity contribution is 0.102. The third-order valence-corrected chi connectivity index (χ3v) is 4.06. The Morgan fingerprint density at radius 3 is 2.56 bits per heavy atom. The van der Waals surface area contributed by atoms with Crippen LogP contribution in [0.3, 0.4) is 0 Å². The van der Waals surface area contributed by atoms with Crippen LogP contribution in [0.5, 0.6) is 5.75 Å². The van der Waals surface area contributed by atoms with E-state index < -0.39 is 0 Å². The number of nitrogens with one attached hydrogen (secondary N) is 2. The summed E-state index contributed by atoms with van der Waals surface area (Å²) < 4.78 is 5.28. The lowest BCUT2D eigenvalue weighted by Gasteiger charge is -2.11. The predicted octanol–water partition coefficient (Wildman–Crippen LogP) is 3.70. The van der Waals surface area contributed by atoms with Crippen molar-refractivity contribution in [3.05, 3.63) is 77.5 Å². The Balaban J connectivity index is 1.58. The second kappa shape index (κ2) is 8.80. The van der Waals surface area contributed by atoms with Gasteiger partial charge < -0.3 is 15.4 Å². The number of amides is 1. The normalized spacial score (nSPS) is 10.3. The van der Waals surface area contributed by atoms with Crippen LogP contribution in [0.15, 0.2) is 60.7 Å². The zero-order chi connectivity index (χ0) is 19.1. The number of nitrogens with zero attached hydrogens (tertiary/aromatic N) is 2. The van der Waals surface area contributed by atoms with Crippen LogP contribution < -0.4 is 15.4 Å².